The molecular formula is C14H11NO4. The van der Waals surface area contributed by atoms with Gasteiger partial charge in [-0.3, -0.25) is 14.9 Å². The average Bonchev–Trinajstić information content (AvgIpc) is 2.39. The highest BCUT2D eigenvalue weighted by Crippen LogP contribution is 2.22. The summed E-state index contributed by atoms with van der Waals surface area (Å²) in [6.07, 6.45) is -0.0134. The van der Waals surface area contributed by atoms with E-state index in [-0.39, 0.29) is 12.1 Å². The van der Waals surface area contributed by atoms with E-state index in [4.69, 9.17) is 5.11 Å². The van der Waals surface area contributed by atoms with E-state index in [0.29, 0.717) is 0 Å². The third-order valence-electron chi connectivity index (χ3n) is 2.72. The number of non-ortho nitro benzene ring substituents is 1. The molecule has 19 heavy (non-hydrogen) atoms. The van der Waals surface area contributed by atoms with Crippen LogP contribution in [-0.2, 0) is 11.2 Å². The summed E-state index contributed by atoms with van der Waals surface area (Å²) < 4.78 is 0. The fourth-order valence-electron chi connectivity index (χ4n) is 1.77. The third-order valence-corrected chi connectivity index (χ3v) is 2.72. The monoisotopic (exact) mass is 257 g/mol. The second-order valence-electron chi connectivity index (χ2n) is 4.07. The molecule has 2 aromatic rings. The summed E-state index contributed by atoms with van der Waals surface area (Å²) in [6, 6.07) is 13.3. The van der Waals surface area contributed by atoms with Crippen molar-refractivity contribution < 1.29 is 14.8 Å². The molecule has 0 saturated heterocycles. The molecule has 0 spiro atoms. The Kier molecular flexibility index (Phi) is 3.56. The number of carboxylic acids is 1. The molecule has 0 atom stereocenters. The van der Waals surface area contributed by atoms with Crippen LogP contribution in [0, 0.1) is 10.1 Å². The van der Waals surface area contributed by atoms with Gasteiger partial charge in [-0.25, -0.2) is 0 Å². The zero-order valence-electron chi connectivity index (χ0n) is 9.95. The van der Waals surface area contributed by atoms with Gasteiger partial charge in [-0.05, 0) is 28.8 Å². The van der Waals surface area contributed by atoms with Crippen molar-refractivity contribution in [2.45, 2.75) is 6.42 Å². The number of hydrogen-bond acceptors (Lipinski definition) is 3. The second kappa shape index (κ2) is 5.30. The number of carbonyl (C=O) groups is 1. The molecule has 0 saturated carbocycles. The van der Waals surface area contributed by atoms with Gasteiger partial charge in [-0.2, -0.15) is 0 Å². The van der Waals surface area contributed by atoms with Crippen molar-refractivity contribution in [3.05, 3.63) is 64.2 Å². The summed E-state index contributed by atoms with van der Waals surface area (Å²) >= 11 is 0. The van der Waals surface area contributed by atoms with E-state index in [1.165, 1.54) is 12.1 Å². The van der Waals surface area contributed by atoms with Crippen LogP contribution >= 0.6 is 0 Å². The molecule has 0 fully saturated rings. The highest BCUT2D eigenvalue weighted by Gasteiger charge is 2.05. The Bertz CT molecular complexity index is 602. The summed E-state index contributed by atoms with van der Waals surface area (Å²) in [4.78, 5) is 20.7. The summed E-state index contributed by atoms with van der Waals surface area (Å²) in [5.41, 5.74) is 2.51. The fourth-order valence-corrected chi connectivity index (χ4v) is 1.77. The SMILES string of the molecule is O=C(O)Cc1ccc(-c2ccc([N+](=O)[O-])cc2)cc1. The average molecular weight is 257 g/mol. The van der Waals surface area contributed by atoms with E-state index in [0.717, 1.165) is 16.7 Å². The Morgan fingerprint density at radius 1 is 1.00 bits per heavy atom. The first-order valence-electron chi connectivity index (χ1n) is 5.62. The zero-order valence-corrected chi connectivity index (χ0v) is 9.95. The van der Waals surface area contributed by atoms with Crippen molar-refractivity contribution in [3.63, 3.8) is 0 Å². The molecule has 0 unspecified atom stereocenters. The molecule has 0 aliphatic carbocycles. The molecule has 0 aliphatic rings. The fraction of sp³-hybridized carbons (Fsp3) is 0.0714. The molecule has 0 bridgehead atoms. The molecular weight excluding hydrogens is 246 g/mol. The Labute approximate surface area is 109 Å². The molecule has 5 nitrogen and oxygen atoms in total. The zero-order chi connectivity index (χ0) is 13.8. The number of hydrogen-bond donors (Lipinski definition) is 1. The minimum absolute atomic E-state index is 0.0134. The van der Waals surface area contributed by atoms with E-state index in [1.54, 1.807) is 36.4 Å². The molecule has 0 heterocycles. The van der Waals surface area contributed by atoms with E-state index in [2.05, 4.69) is 0 Å². The van der Waals surface area contributed by atoms with Crippen LogP contribution in [-0.4, -0.2) is 16.0 Å². The van der Waals surface area contributed by atoms with Gasteiger partial charge in [0.15, 0.2) is 0 Å². The van der Waals surface area contributed by atoms with Crippen molar-refractivity contribution in [2.75, 3.05) is 0 Å². The smallest absolute Gasteiger partial charge is 0.307 e. The van der Waals surface area contributed by atoms with Crippen LogP contribution in [0.15, 0.2) is 48.5 Å². The quantitative estimate of drug-likeness (QED) is 0.674. The number of rotatable bonds is 4. The van der Waals surface area contributed by atoms with Crippen LogP contribution in [0.4, 0.5) is 5.69 Å². The van der Waals surface area contributed by atoms with E-state index < -0.39 is 10.9 Å². The van der Waals surface area contributed by atoms with Crippen molar-refractivity contribution in [1.29, 1.82) is 0 Å². The Morgan fingerprint density at radius 3 is 1.89 bits per heavy atom. The van der Waals surface area contributed by atoms with Crippen LogP contribution in [0.1, 0.15) is 5.56 Å². The van der Waals surface area contributed by atoms with Crippen molar-refractivity contribution in [3.8, 4) is 11.1 Å². The summed E-state index contributed by atoms with van der Waals surface area (Å²) in [7, 11) is 0. The van der Waals surface area contributed by atoms with Gasteiger partial charge in [0.05, 0.1) is 11.3 Å². The number of nitro benzene ring substituents is 1. The van der Waals surface area contributed by atoms with E-state index >= 15 is 0 Å². The highest BCUT2D eigenvalue weighted by molar-refractivity contribution is 5.71. The molecule has 96 valence electrons. The largest absolute Gasteiger partial charge is 0.481 e. The third kappa shape index (κ3) is 3.16. The van der Waals surface area contributed by atoms with Gasteiger partial charge >= 0.3 is 5.97 Å². The molecule has 0 aliphatic heterocycles. The van der Waals surface area contributed by atoms with Crippen LogP contribution in [0.5, 0.6) is 0 Å². The van der Waals surface area contributed by atoms with Gasteiger partial charge < -0.3 is 5.11 Å². The summed E-state index contributed by atoms with van der Waals surface area (Å²) in [5, 5.41) is 19.2. The minimum atomic E-state index is -0.872. The Hall–Kier alpha value is -2.69. The number of nitro groups is 1. The van der Waals surface area contributed by atoms with Crippen LogP contribution < -0.4 is 0 Å². The van der Waals surface area contributed by atoms with E-state index in [9.17, 15) is 14.9 Å². The lowest BCUT2D eigenvalue weighted by Crippen LogP contribution is -1.99. The molecule has 2 aromatic carbocycles. The van der Waals surface area contributed by atoms with Gasteiger partial charge in [0.1, 0.15) is 0 Å². The summed E-state index contributed by atoms with van der Waals surface area (Å²) in [6.45, 7) is 0. The minimum Gasteiger partial charge on any atom is -0.481 e. The van der Waals surface area contributed by atoms with Crippen LogP contribution in [0.2, 0.25) is 0 Å². The lowest BCUT2D eigenvalue weighted by atomic mass is 10.0. The van der Waals surface area contributed by atoms with Gasteiger partial charge in [0.2, 0.25) is 0 Å². The number of nitrogens with zero attached hydrogens (tertiary/aromatic N) is 1. The number of benzene rings is 2. The maximum atomic E-state index is 10.6. The first kappa shape index (κ1) is 12.8. The van der Waals surface area contributed by atoms with Crippen molar-refractivity contribution >= 4 is 11.7 Å². The van der Waals surface area contributed by atoms with Gasteiger partial charge in [-0.1, -0.05) is 24.3 Å². The molecule has 5 heteroatoms. The van der Waals surface area contributed by atoms with Gasteiger partial charge in [-0.15, -0.1) is 0 Å². The summed E-state index contributed by atoms with van der Waals surface area (Å²) in [5.74, 6) is -0.872. The maximum Gasteiger partial charge on any atom is 0.307 e. The lowest BCUT2D eigenvalue weighted by Gasteiger charge is -2.03. The van der Waals surface area contributed by atoms with Crippen molar-refractivity contribution in [2.24, 2.45) is 0 Å². The molecule has 2 rings (SSSR count). The topological polar surface area (TPSA) is 80.4 Å². The first-order valence-corrected chi connectivity index (χ1v) is 5.62. The maximum absolute atomic E-state index is 10.6. The van der Waals surface area contributed by atoms with Crippen LogP contribution in [0.25, 0.3) is 11.1 Å². The first-order chi connectivity index (χ1) is 9.06. The van der Waals surface area contributed by atoms with Gasteiger partial charge in [0, 0.05) is 12.1 Å². The highest BCUT2D eigenvalue weighted by atomic mass is 16.6. The second-order valence-corrected chi connectivity index (χ2v) is 4.07. The van der Waals surface area contributed by atoms with Crippen molar-refractivity contribution in [1.82, 2.24) is 0 Å². The number of carboxylic acid groups (broad SMARTS) is 1. The molecule has 0 radical (unpaired) electrons. The molecule has 0 aromatic heterocycles. The molecule has 1 N–H and O–H groups in total. The predicted molar refractivity (Wildman–Crippen MR) is 69.9 cm³/mol. The number of aliphatic carboxylic acids is 1. The van der Waals surface area contributed by atoms with Crippen LogP contribution in [0.3, 0.4) is 0 Å². The Balaban J connectivity index is 2.22. The molecule has 0 amide bonds. The van der Waals surface area contributed by atoms with Gasteiger partial charge in [0.25, 0.3) is 5.69 Å². The van der Waals surface area contributed by atoms with E-state index in [1.807, 2.05) is 0 Å². The lowest BCUT2D eigenvalue weighted by molar-refractivity contribution is -0.384. The predicted octanol–water partition coefficient (Wildman–Crippen LogP) is 2.89. The standard InChI is InChI=1S/C14H11NO4/c16-14(17)9-10-1-3-11(4-2-10)12-5-7-13(8-6-12)15(18)19/h1-8H,9H2,(H,16,17). The Morgan fingerprint density at radius 2 is 1.47 bits per heavy atom. The normalized spacial score (nSPS) is 10.1.